The molecule has 0 saturated heterocycles. The van der Waals surface area contributed by atoms with Crippen LogP contribution in [-0.4, -0.2) is 44.6 Å². The van der Waals surface area contributed by atoms with Crippen LogP contribution in [0.1, 0.15) is 0 Å². The Kier molecular flexibility index (Phi) is 9.32. The lowest BCUT2D eigenvalue weighted by molar-refractivity contribution is 0.411. The molecule has 0 saturated carbocycles. The van der Waals surface area contributed by atoms with Gasteiger partial charge in [0.25, 0.3) is 11.8 Å². The van der Waals surface area contributed by atoms with Gasteiger partial charge < -0.3 is 30.4 Å². The van der Waals surface area contributed by atoms with Crippen molar-refractivity contribution in [1.29, 1.82) is 0 Å². The van der Waals surface area contributed by atoms with E-state index in [9.17, 15) is 0 Å². The predicted octanol–water partition coefficient (Wildman–Crippen LogP) is 5.84. The van der Waals surface area contributed by atoms with E-state index in [1.165, 1.54) is 0 Å². The van der Waals surface area contributed by atoms with Crippen LogP contribution < -0.4 is 30.4 Å². The topological polar surface area (TPSA) is 166 Å². The average Bonchev–Trinajstić information content (AvgIpc) is 3.08. The highest BCUT2D eigenvalue weighted by atomic mass is 16.5. The van der Waals surface area contributed by atoms with E-state index in [0.29, 0.717) is 34.6 Å². The molecule has 0 aliphatic carbocycles. The summed E-state index contributed by atoms with van der Waals surface area (Å²) in [5.41, 5.74) is 14.1. The molecule has 0 atom stereocenters. The summed E-state index contributed by atoms with van der Waals surface area (Å²) in [6.45, 7) is 0. The predicted molar refractivity (Wildman–Crippen MR) is 165 cm³/mol. The monoisotopic (exact) mass is 588 g/mol. The molecule has 2 aromatic heterocycles. The number of nitrogens with zero attached hydrogens (tertiary/aromatic N) is 6. The SMILES string of the molecule is COc1ccc(Oc2nnc(N)nc2-c2ccccc2)cc1.COc1ccc(Oc2nnc(N)nc2-c2ccccc2)cc1. The van der Waals surface area contributed by atoms with Crippen molar-refractivity contribution in [2.45, 2.75) is 0 Å². The number of nitrogens with two attached hydrogens (primary N) is 2. The molecule has 0 unspecified atom stereocenters. The number of benzene rings is 4. The number of hydrogen-bond acceptors (Lipinski definition) is 12. The Morgan fingerprint density at radius 1 is 0.432 bits per heavy atom. The molecule has 220 valence electrons. The number of methoxy groups -OCH3 is 2. The highest BCUT2D eigenvalue weighted by Crippen LogP contribution is 2.31. The summed E-state index contributed by atoms with van der Waals surface area (Å²) in [6.07, 6.45) is 0. The van der Waals surface area contributed by atoms with Gasteiger partial charge in [0.2, 0.25) is 11.9 Å². The van der Waals surface area contributed by atoms with E-state index >= 15 is 0 Å². The van der Waals surface area contributed by atoms with Gasteiger partial charge in [0.1, 0.15) is 34.4 Å². The van der Waals surface area contributed by atoms with E-state index in [-0.39, 0.29) is 11.9 Å². The Hall–Kier alpha value is -6.30. The van der Waals surface area contributed by atoms with Crippen molar-refractivity contribution >= 4 is 11.9 Å². The molecule has 0 amide bonds. The van der Waals surface area contributed by atoms with Crippen molar-refractivity contribution in [2.75, 3.05) is 25.7 Å². The van der Waals surface area contributed by atoms with Gasteiger partial charge in [0.15, 0.2) is 0 Å². The maximum absolute atomic E-state index is 5.77. The third-order valence-electron chi connectivity index (χ3n) is 5.99. The van der Waals surface area contributed by atoms with E-state index in [4.69, 9.17) is 30.4 Å². The number of anilines is 2. The molecule has 0 spiro atoms. The first kappa shape index (κ1) is 29.2. The van der Waals surface area contributed by atoms with Gasteiger partial charge in [-0.3, -0.25) is 0 Å². The van der Waals surface area contributed by atoms with E-state index in [1.807, 2.05) is 60.7 Å². The van der Waals surface area contributed by atoms with Crippen LogP contribution in [0.5, 0.6) is 34.8 Å². The van der Waals surface area contributed by atoms with Gasteiger partial charge in [-0.05, 0) is 48.5 Å². The van der Waals surface area contributed by atoms with Crippen LogP contribution in [0.25, 0.3) is 22.5 Å². The summed E-state index contributed by atoms with van der Waals surface area (Å²) in [6, 6.07) is 33.4. The second-order valence-electron chi connectivity index (χ2n) is 8.93. The standard InChI is InChI=1S/2C16H14N4O2/c2*1-21-12-7-9-13(10-8-12)22-15-14(18-16(17)20-19-15)11-5-3-2-4-6-11/h2*2-10H,1H3,(H2,17,18,20). The van der Waals surface area contributed by atoms with Crippen LogP contribution >= 0.6 is 0 Å². The summed E-state index contributed by atoms with van der Waals surface area (Å²) >= 11 is 0. The molecule has 44 heavy (non-hydrogen) atoms. The molecule has 4 aromatic carbocycles. The van der Waals surface area contributed by atoms with Crippen molar-refractivity contribution in [3.63, 3.8) is 0 Å². The molecule has 4 N–H and O–H groups in total. The number of rotatable bonds is 8. The Morgan fingerprint density at radius 2 is 0.773 bits per heavy atom. The van der Waals surface area contributed by atoms with Crippen LogP contribution in [-0.2, 0) is 0 Å². The maximum atomic E-state index is 5.77. The quantitative estimate of drug-likeness (QED) is 0.218. The molecule has 6 rings (SSSR count). The van der Waals surface area contributed by atoms with E-state index < -0.39 is 0 Å². The van der Waals surface area contributed by atoms with Crippen molar-refractivity contribution in [3.8, 4) is 57.3 Å². The molecule has 0 bridgehead atoms. The Balaban J connectivity index is 0.000000175. The van der Waals surface area contributed by atoms with Crippen LogP contribution in [0.15, 0.2) is 109 Å². The summed E-state index contributed by atoms with van der Waals surface area (Å²) < 4.78 is 21.8. The van der Waals surface area contributed by atoms with Gasteiger partial charge in [0, 0.05) is 11.1 Å². The molecular weight excluding hydrogens is 560 g/mol. The van der Waals surface area contributed by atoms with Gasteiger partial charge in [-0.1, -0.05) is 60.7 Å². The highest BCUT2D eigenvalue weighted by molar-refractivity contribution is 5.66. The smallest absolute Gasteiger partial charge is 0.265 e. The molecular formula is C32H28N8O4. The first-order valence-electron chi connectivity index (χ1n) is 13.3. The lowest BCUT2D eigenvalue weighted by Crippen LogP contribution is -2.02. The molecule has 12 heteroatoms. The Bertz CT molecular complexity index is 1660. The zero-order valence-electron chi connectivity index (χ0n) is 23.9. The normalized spacial score (nSPS) is 10.2. The van der Waals surface area contributed by atoms with Crippen molar-refractivity contribution < 1.29 is 18.9 Å². The fraction of sp³-hybridized carbons (Fsp3) is 0.0625. The molecule has 0 aliphatic heterocycles. The first-order chi connectivity index (χ1) is 21.5. The zero-order chi connectivity index (χ0) is 30.7. The molecule has 6 aromatic rings. The highest BCUT2D eigenvalue weighted by Gasteiger charge is 2.14. The minimum atomic E-state index is 0.0981. The summed E-state index contributed by atoms with van der Waals surface area (Å²) in [5, 5.41) is 15.5. The van der Waals surface area contributed by atoms with E-state index in [2.05, 4.69) is 30.4 Å². The minimum Gasteiger partial charge on any atom is -0.497 e. The summed E-state index contributed by atoms with van der Waals surface area (Å²) in [4.78, 5) is 8.46. The first-order valence-corrected chi connectivity index (χ1v) is 13.3. The number of hydrogen-bond donors (Lipinski definition) is 2. The van der Waals surface area contributed by atoms with Gasteiger partial charge in [-0.2, -0.15) is 0 Å². The fourth-order valence-corrected chi connectivity index (χ4v) is 3.87. The number of nitrogen functional groups attached to an aromatic ring is 2. The van der Waals surface area contributed by atoms with Gasteiger partial charge in [-0.15, -0.1) is 20.4 Å². The van der Waals surface area contributed by atoms with Crippen LogP contribution in [0.3, 0.4) is 0 Å². The summed E-state index contributed by atoms with van der Waals surface area (Å²) in [7, 11) is 3.22. The van der Waals surface area contributed by atoms with Crippen LogP contribution in [0.2, 0.25) is 0 Å². The van der Waals surface area contributed by atoms with Crippen LogP contribution in [0, 0.1) is 0 Å². The van der Waals surface area contributed by atoms with Crippen molar-refractivity contribution in [2.24, 2.45) is 0 Å². The molecule has 0 radical (unpaired) electrons. The maximum Gasteiger partial charge on any atom is 0.265 e. The average molecular weight is 589 g/mol. The Labute approximate surface area is 253 Å². The van der Waals surface area contributed by atoms with Crippen LogP contribution in [0.4, 0.5) is 11.9 Å². The third-order valence-corrected chi connectivity index (χ3v) is 5.99. The molecule has 0 fully saturated rings. The van der Waals surface area contributed by atoms with Gasteiger partial charge >= 0.3 is 0 Å². The lowest BCUT2D eigenvalue weighted by atomic mass is 10.1. The minimum absolute atomic E-state index is 0.0981. The number of ether oxygens (including phenoxy) is 4. The number of aromatic nitrogens is 6. The van der Waals surface area contributed by atoms with Gasteiger partial charge in [-0.25, -0.2) is 9.97 Å². The zero-order valence-corrected chi connectivity index (χ0v) is 23.9. The fourth-order valence-electron chi connectivity index (χ4n) is 3.87. The molecule has 12 nitrogen and oxygen atoms in total. The largest absolute Gasteiger partial charge is 0.497 e. The lowest BCUT2D eigenvalue weighted by Gasteiger charge is -2.09. The molecule has 2 heterocycles. The van der Waals surface area contributed by atoms with E-state index in [0.717, 1.165) is 22.6 Å². The second kappa shape index (κ2) is 14.0. The summed E-state index contributed by atoms with van der Waals surface area (Å²) in [5.74, 6) is 3.50. The van der Waals surface area contributed by atoms with Crippen molar-refractivity contribution in [1.82, 2.24) is 30.4 Å². The second-order valence-corrected chi connectivity index (χ2v) is 8.93. The Morgan fingerprint density at radius 3 is 1.11 bits per heavy atom. The van der Waals surface area contributed by atoms with E-state index in [1.54, 1.807) is 62.8 Å². The molecule has 0 aliphatic rings. The third kappa shape index (κ3) is 7.50. The van der Waals surface area contributed by atoms with Gasteiger partial charge in [0.05, 0.1) is 14.2 Å². The van der Waals surface area contributed by atoms with Crippen molar-refractivity contribution in [3.05, 3.63) is 109 Å².